The fourth-order valence-corrected chi connectivity index (χ4v) is 3.92. The lowest BCUT2D eigenvalue weighted by Gasteiger charge is -2.10. The van der Waals surface area contributed by atoms with E-state index in [1.165, 1.54) is 67.8 Å². The number of unbranched alkanes of at least 4 members (excludes halogenated alkanes) is 8. The van der Waals surface area contributed by atoms with Crippen LogP contribution in [0, 0.1) is 9.49 Å². The van der Waals surface area contributed by atoms with Gasteiger partial charge in [-0.1, -0.05) is 51.4 Å². The SMILES string of the molecule is SCC(CS)CCCCCCCCCCCOc1ccc(I)cc1. The molecule has 1 aromatic rings. The summed E-state index contributed by atoms with van der Waals surface area (Å²) in [5, 5.41) is 0. The molecule has 0 spiro atoms. The first-order valence-electron chi connectivity index (χ1n) is 9.36. The minimum atomic E-state index is 0.707. The highest BCUT2D eigenvalue weighted by atomic mass is 127. The first-order valence-corrected chi connectivity index (χ1v) is 11.7. The zero-order valence-corrected chi connectivity index (χ0v) is 18.7. The summed E-state index contributed by atoms with van der Waals surface area (Å²) in [6.45, 7) is 0.845. The van der Waals surface area contributed by atoms with Crippen LogP contribution in [0.3, 0.4) is 0 Å². The van der Waals surface area contributed by atoms with Gasteiger partial charge in [-0.25, -0.2) is 0 Å². The molecule has 0 radical (unpaired) electrons. The molecule has 24 heavy (non-hydrogen) atoms. The molecule has 1 aromatic carbocycles. The molecule has 0 unspecified atom stereocenters. The lowest BCUT2D eigenvalue weighted by molar-refractivity contribution is 0.304. The Morgan fingerprint density at radius 1 is 0.750 bits per heavy atom. The van der Waals surface area contributed by atoms with Gasteiger partial charge in [0.05, 0.1) is 6.61 Å². The Balaban J connectivity index is 1.81. The van der Waals surface area contributed by atoms with Crippen molar-refractivity contribution in [2.24, 2.45) is 5.92 Å². The molecule has 0 N–H and O–H groups in total. The Bertz CT molecular complexity index is 393. The molecule has 1 rings (SSSR count). The van der Waals surface area contributed by atoms with Gasteiger partial charge >= 0.3 is 0 Å². The largest absolute Gasteiger partial charge is 0.494 e. The minimum absolute atomic E-state index is 0.707. The maximum absolute atomic E-state index is 5.76. The number of hydrogen-bond acceptors (Lipinski definition) is 3. The molecule has 0 saturated carbocycles. The standard InChI is InChI=1S/C20H33IOS2/c21-19-11-13-20(14-12-19)22-15-9-7-5-3-1-2-4-6-8-10-18(16-23)17-24/h11-14,18,23-24H,1-10,15-17H2. The highest BCUT2D eigenvalue weighted by molar-refractivity contribution is 14.1. The molecule has 0 amide bonds. The van der Waals surface area contributed by atoms with Gasteiger partial charge < -0.3 is 4.74 Å². The zero-order chi connectivity index (χ0) is 17.5. The summed E-state index contributed by atoms with van der Waals surface area (Å²) < 4.78 is 7.01. The van der Waals surface area contributed by atoms with Crippen molar-refractivity contribution in [2.75, 3.05) is 18.1 Å². The maximum atomic E-state index is 5.76. The molecule has 0 atom stereocenters. The summed E-state index contributed by atoms with van der Waals surface area (Å²) in [6.07, 6.45) is 13.4. The number of thiol groups is 2. The number of halogens is 1. The molecule has 0 aliphatic heterocycles. The molecular formula is C20H33IOS2. The average Bonchev–Trinajstić information content (AvgIpc) is 2.61. The second-order valence-corrected chi connectivity index (χ2v) is 8.48. The fourth-order valence-electron chi connectivity index (χ4n) is 2.73. The quantitative estimate of drug-likeness (QED) is 0.155. The molecule has 0 aliphatic rings. The van der Waals surface area contributed by atoms with Crippen LogP contribution in [0.4, 0.5) is 0 Å². The van der Waals surface area contributed by atoms with Crippen molar-refractivity contribution in [3.63, 3.8) is 0 Å². The van der Waals surface area contributed by atoms with E-state index < -0.39 is 0 Å². The van der Waals surface area contributed by atoms with E-state index in [0.29, 0.717) is 5.92 Å². The van der Waals surface area contributed by atoms with E-state index in [9.17, 15) is 0 Å². The lowest BCUT2D eigenvalue weighted by atomic mass is 10.0. The lowest BCUT2D eigenvalue weighted by Crippen LogP contribution is -2.03. The van der Waals surface area contributed by atoms with Gasteiger partial charge in [-0.15, -0.1) is 0 Å². The van der Waals surface area contributed by atoms with Gasteiger partial charge in [0, 0.05) is 3.57 Å². The monoisotopic (exact) mass is 480 g/mol. The predicted molar refractivity (Wildman–Crippen MR) is 122 cm³/mol. The van der Waals surface area contributed by atoms with Crippen molar-refractivity contribution in [3.05, 3.63) is 27.8 Å². The van der Waals surface area contributed by atoms with E-state index in [1.807, 2.05) is 0 Å². The van der Waals surface area contributed by atoms with Gasteiger partial charge in [-0.3, -0.25) is 0 Å². The molecule has 138 valence electrons. The van der Waals surface area contributed by atoms with E-state index >= 15 is 0 Å². The van der Waals surface area contributed by atoms with E-state index in [1.54, 1.807) is 0 Å². The van der Waals surface area contributed by atoms with Crippen molar-refractivity contribution in [1.29, 1.82) is 0 Å². The predicted octanol–water partition coefficient (Wildman–Crippen LogP) is 7.05. The highest BCUT2D eigenvalue weighted by Crippen LogP contribution is 2.16. The topological polar surface area (TPSA) is 9.23 Å². The van der Waals surface area contributed by atoms with Crippen molar-refractivity contribution in [1.82, 2.24) is 0 Å². The van der Waals surface area contributed by atoms with Crippen LogP contribution in [0.5, 0.6) is 5.75 Å². The van der Waals surface area contributed by atoms with E-state index in [4.69, 9.17) is 4.74 Å². The second kappa shape index (κ2) is 15.7. The van der Waals surface area contributed by atoms with E-state index in [-0.39, 0.29) is 0 Å². The number of rotatable bonds is 15. The van der Waals surface area contributed by atoms with Crippen LogP contribution in [-0.2, 0) is 0 Å². The Hall–Kier alpha value is 0.450. The Kier molecular flexibility index (Phi) is 14.7. The van der Waals surface area contributed by atoms with Crippen LogP contribution in [-0.4, -0.2) is 18.1 Å². The molecule has 0 aliphatic carbocycles. The Morgan fingerprint density at radius 2 is 1.25 bits per heavy atom. The third kappa shape index (κ3) is 11.9. The summed E-state index contributed by atoms with van der Waals surface area (Å²) in [5.74, 6) is 3.67. The number of benzene rings is 1. The first kappa shape index (κ1) is 22.5. The second-order valence-electron chi connectivity index (χ2n) is 6.50. The molecule has 1 nitrogen and oxygen atoms in total. The summed E-state index contributed by atoms with van der Waals surface area (Å²) in [5.41, 5.74) is 0. The molecule has 0 fully saturated rings. The molecular weight excluding hydrogens is 447 g/mol. The van der Waals surface area contributed by atoms with Gasteiger partial charge in [0.15, 0.2) is 0 Å². The van der Waals surface area contributed by atoms with Crippen molar-refractivity contribution >= 4 is 47.8 Å². The normalized spacial score (nSPS) is 11.2. The van der Waals surface area contributed by atoms with Crippen LogP contribution in [0.25, 0.3) is 0 Å². The van der Waals surface area contributed by atoms with Crippen molar-refractivity contribution in [3.8, 4) is 5.75 Å². The van der Waals surface area contributed by atoms with Gasteiger partial charge in [-0.05, 0) is 77.1 Å². The Morgan fingerprint density at radius 3 is 1.79 bits per heavy atom. The maximum Gasteiger partial charge on any atom is 0.119 e. The van der Waals surface area contributed by atoms with Crippen molar-refractivity contribution < 1.29 is 4.74 Å². The van der Waals surface area contributed by atoms with Gasteiger partial charge in [0.1, 0.15) is 5.75 Å². The third-order valence-electron chi connectivity index (χ3n) is 4.36. The summed E-state index contributed by atoms with van der Waals surface area (Å²) in [6, 6.07) is 8.28. The summed E-state index contributed by atoms with van der Waals surface area (Å²) in [7, 11) is 0. The smallest absolute Gasteiger partial charge is 0.119 e. The number of hydrogen-bond donors (Lipinski definition) is 2. The molecule has 0 bridgehead atoms. The molecule has 0 saturated heterocycles. The zero-order valence-electron chi connectivity index (χ0n) is 14.8. The minimum Gasteiger partial charge on any atom is -0.494 e. The van der Waals surface area contributed by atoms with Crippen LogP contribution in [0.2, 0.25) is 0 Å². The Labute approximate surface area is 173 Å². The van der Waals surface area contributed by atoms with E-state index in [0.717, 1.165) is 23.9 Å². The fraction of sp³-hybridized carbons (Fsp3) is 0.700. The molecule has 0 aromatic heterocycles. The van der Waals surface area contributed by atoms with Gasteiger partial charge in [0.25, 0.3) is 0 Å². The number of ether oxygens (including phenoxy) is 1. The molecule has 4 heteroatoms. The third-order valence-corrected chi connectivity index (χ3v) is 6.11. The van der Waals surface area contributed by atoms with Gasteiger partial charge in [-0.2, -0.15) is 25.3 Å². The summed E-state index contributed by atoms with van der Waals surface area (Å²) in [4.78, 5) is 0. The van der Waals surface area contributed by atoms with Gasteiger partial charge in [0.2, 0.25) is 0 Å². The van der Waals surface area contributed by atoms with Crippen molar-refractivity contribution in [2.45, 2.75) is 64.2 Å². The average molecular weight is 481 g/mol. The van der Waals surface area contributed by atoms with Crippen LogP contribution < -0.4 is 4.74 Å². The van der Waals surface area contributed by atoms with Crippen LogP contribution >= 0.6 is 47.8 Å². The first-order chi connectivity index (χ1) is 11.8. The van der Waals surface area contributed by atoms with Crippen LogP contribution in [0.15, 0.2) is 24.3 Å². The van der Waals surface area contributed by atoms with Crippen LogP contribution in [0.1, 0.15) is 64.2 Å². The highest BCUT2D eigenvalue weighted by Gasteiger charge is 2.03. The van der Waals surface area contributed by atoms with E-state index in [2.05, 4.69) is 72.1 Å². The summed E-state index contributed by atoms with van der Waals surface area (Å²) >= 11 is 11.1. The molecule has 0 heterocycles.